The summed E-state index contributed by atoms with van der Waals surface area (Å²) in [7, 11) is 0. The molecule has 0 saturated heterocycles. The van der Waals surface area contributed by atoms with E-state index in [0.29, 0.717) is 5.56 Å². The number of benzene rings is 1. The molecule has 1 aliphatic heterocycles. The van der Waals surface area contributed by atoms with Crippen LogP contribution in [0.4, 0.5) is 18.0 Å². The highest BCUT2D eigenvalue weighted by atomic mass is 35.5. The number of esters is 1. The number of halogens is 4. The second-order valence-corrected chi connectivity index (χ2v) is 8.02. The second kappa shape index (κ2) is 10.1. The Morgan fingerprint density at radius 2 is 1.82 bits per heavy atom. The van der Waals surface area contributed by atoms with Crippen LogP contribution in [-0.4, -0.2) is 49.5 Å². The van der Waals surface area contributed by atoms with E-state index >= 15 is 0 Å². The van der Waals surface area contributed by atoms with Crippen LogP contribution in [0.5, 0.6) is 5.75 Å². The first-order valence-corrected chi connectivity index (χ1v) is 9.61. The van der Waals surface area contributed by atoms with Crippen molar-refractivity contribution in [3.05, 3.63) is 44.0 Å². The molecule has 14 heteroatoms. The topological polar surface area (TPSA) is 123 Å². The van der Waals surface area contributed by atoms with Crippen molar-refractivity contribution >= 4 is 29.8 Å². The van der Waals surface area contributed by atoms with Crippen LogP contribution in [0.2, 0.25) is 5.02 Å². The molecule has 0 spiro atoms. The van der Waals surface area contributed by atoms with Gasteiger partial charge in [0.25, 0.3) is 5.09 Å². The maximum atomic E-state index is 13.6. The zero-order chi connectivity index (χ0) is 25.0. The predicted octanol–water partition coefficient (Wildman–Crippen LogP) is 4.21. The third-order valence-corrected chi connectivity index (χ3v) is 4.46. The smallest absolute Gasteiger partial charge is 0.475 e. The Kier molecular flexibility index (Phi) is 8.01. The molecule has 1 aliphatic rings. The van der Waals surface area contributed by atoms with E-state index in [-0.39, 0.29) is 16.3 Å². The van der Waals surface area contributed by atoms with Gasteiger partial charge in [0.15, 0.2) is 0 Å². The Labute approximate surface area is 190 Å². The number of nitrogens with zero attached hydrogens (tertiary/aromatic N) is 1. The molecule has 1 aromatic carbocycles. The standard InChI is InChI=1S/C19H19ClF3NO9/c1-18(2,3)12-8-14-10(7-13(12)20)6-11(15(33-14)19(21,22)23)16(25)30-9-31-17(26)29-4-5-32-24(27)28/h6-8,15H,4-5,9H2,1-3H3/t15-/m0/s1. The minimum absolute atomic E-state index is 0.111. The lowest BCUT2D eigenvalue weighted by Crippen LogP contribution is -2.41. The zero-order valence-electron chi connectivity index (χ0n) is 17.6. The van der Waals surface area contributed by atoms with E-state index in [0.717, 1.165) is 6.08 Å². The van der Waals surface area contributed by atoms with E-state index in [9.17, 15) is 32.9 Å². The average Bonchev–Trinajstić information content (AvgIpc) is 2.68. The minimum Gasteiger partial charge on any atom is -0.475 e. The molecule has 182 valence electrons. The SMILES string of the molecule is CC(C)(C)c1cc2c(cc1Cl)C=C(C(=O)OCOC(=O)OCCO[N+](=O)[O-])[C@@H](C(F)(F)F)O2. The minimum atomic E-state index is -4.96. The highest BCUT2D eigenvalue weighted by Gasteiger charge is 2.49. The fourth-order valence-corrected chi connectivity index (χ4v) is 3.15. The number of rotatable bonds is 7. The number of fused-ring (bicyclic) bond motifs is 1. The molecule has 33 heavy (non-hydrogen) atoms. The van der Waals surface area contributed by atoms with Gasteiger partial charge in [-0.3, -0.25) is 0 Å². The van der Waals surface area contributed by atoms with Gasteiger partial charge < -0.3 is 23.8 Å². The van der Waals surface area contributed by atoms with Crippen LogP contribution < -0.4 is 4.74 Å². The highest BCUT2D eigenvalue weighted by molar-refractivity contribution is 6.31. The van der Waals surface area contributed by atoms with E-state index in [2.05, 4.69) is 19.0 Å². The molecule has 1 heterocycles. The summed E-state index contributed by atoms with van der Waals surface area (Å²) in [5, 5.41) is 9.11. The number of carbonyl (C=O) groups is 2. The molecular weight excluding hydrogens is 479 g/mol. The summed E-state index contributed by atoms with van der Waals surface area (Å²) in [6.07, 6.45) is -8.04. The number of carbonyl (C=O) groups excluding carboxylic acids is 2. The predicted molar refractivity (Wildman–Crippen MR) is 105 cm³/mol. The van der Waals surface area contributed by atoms with E-state index < -0.39 is 60.5 Å². The second-order valence-electron chi connectivity index (χ2n) is 7.61. The molecule has 0 fully saturated rings. The molecule has 0 aromatic heterocycles. The molecule has 0 bridgehead atoms. The third kappa shape index (κ3) is 7.14. The Hall–Kier alpha value is -3.22. The number of hydrogen-bond acceptors (Lipinski definition) is 9. The van der Waals surface area contributed by atoms with Crippen molar-refractivity contribution in [1.82, 2.24) is 0 Å². The quantitative estimate of drug-likeness (QED) is 0.179. The van der Waals surface area contributed by atoms with Crippen LogP contribution >= 0.6 is 11.6 Å². The summed E-state index contributed by atoms with van der Waals surface area (Å²) in [5.41, 5.74) is -0.677. The maximum absolute atomic E-state index is 13.6. The summed E-state index contributed by atoms with van der Waals surface area (Å²) in [6.45, 7) is 3.28. The number of hydrogen-bond donors (Lipinski definition) is 0. The zero-order valence-corrected chi connectivity index (χ0v) is 18.3. The van der Waals surface area contributed by atoms with Crippen LogP contribution in [-0.2, 0) is 29.3 Å². The lowest BCUT2D eigenvalue weighted by atomic mass is 9.85. The summed E-state index contributed by atoms with van der Waals surface area (Å²) in [5.74, 6) is -1.57. The van der Waals surface area contributed by atoms with Gasteiger partial charge in [-0.1, -0.05) is 32.4 Å². The van der Waals surface area contributed by atoms with E-state index in [1.165, 1.54) is 12.1 Å². The van der Waals surface area contributed by atoms with Crippen molar-refractivity contribution in [2.75, 3.05) is 20.0 Å². The molecule has 10 nitrogen and oxygen atoms in total. The van der Waals surface area contributed by atoms with Crippen LogP contribution in [0.15, 0.2) is 17.7 Å². The summed E-state index contributed by atoms with van der Waals surface area (Å²) in [6, 6.07) is 2.76. The van der Waals surface area contributed by atoms with Crippen LogP contribution in [0.25, 0.3) is 6.08 Å². The van der Waals surface area contributed by atoms with Gasteiger partial charge in [-0.05, 0) is 29.2 Å². The molecule has 0 saturated carbocycles. The van der Waals surface area contributed by atoms with Crippen LogP contribution in [0.1, 0.15) is 31.9 Å². The number of alkyl halides is 3. The molecule has 0 N–H and O–H groups in total. The molecule has 0 amide bonds. The van der Waals surface area contributed by atoms with Crippen molar-refractivity contribution in [3.8, 4) is 5.75 Å². The molecule has 0 unspecified atom stereocenters. The lowest BCUT2D eigenvalue weighted by Gasteiger charge is -2.30. The number of ether oxygens (including phenoxy) is 4. The molecular formula is C19H19ClF3NO9. The first kappa shape index (κ1) is 26.0. The van der Waals surface area contributed by atoms with Gasteiger partial charge in [0.2, 0.25) is 12.9 Å². The van der Waals surface area contributed by atoms with Gasteiger partial charge in [0.1, 0.15) is 19.0 Å². The van der Waals surface area contributed by atoms with Crippen molar-refractivity contribution < 1.29 is 51.6 Å². The first-order valence-electron chi connectivity index (χ1n) is 9.23. The molecule has 2 rings (SSSR count). The Balaban J connectivity index is 2.11. The fourth-order valence-electron chi connectivity index (χ4n) is 2.69. The molecule has 0 radical (unpaired) electrons. The van der Waals surface area contributed by atoms with Crippen molar-refractivity contribution in [3.63, 3.8) is 0 Å². The maximum Gasteiger partial charge on any atom is 0.511 e. The van der Waals surface area contributed by atoms with Crippen molar-refractivity contribution in [2.45, 2.75) is 38.5 Å². The van der Waals surface area contributed by atoms with Gasteiger partial charge >= 0.3 is 18.3 Å². The fraction of sp³-hybridized carbons (Fsp3) is 0.474. The molecule has 0 aliphatic carbocycles. The normalized spacial score (nSPS) is 15.5. The van der Waals surface area contributed by atoms with E-state index in [1.807, 2.05) is 20.8 Å². The van der Waals surface area contributed by atoms with E-state index in [1.54, 1.807) is 0 Å². The highest BCUT2D eigenvalue weighted by Crippen LogP contribution is 2.42. The van der Waals surface area contributed by atoms with Gasteiger partial charge in [-0.2, -0.15) is 13.2 Å². The molecule has 1 aromatic rings. The Bertz CT molecular complexity index is 957. The van der Waals surface area contributed by atoms with Crippen molar-refractivity contribution in [2.24, 2.45) is 0 Å². The first-order chi connectivity index (χ1) is 15.2. The van der Waals surface area contributed by atoms with Crippen LogP contribution in [0.3, 0.4) is 0 Å². The largest absolute Gasteiger partial charge is 0.511 e. The van der Waals surface area contributed by atoms with Gasteiger partial charge in [0, 0.05) is 10.6 Å². The summed E-state index contributed by atoms with van der Waals surface area (Å²) >= 11 is 6.25. The average molecular weight is 498 g/mol. The van der Waals surface area contributed by atoms with Gasteiger partial charge in [-0.25, -0.2) is 9.59 Å². The lowest BCUT2D eigenvalue weighted by molar-refractivity contribution is -0.757. The Morgan fingerprint density at radius 3 is 2.39 bits per heavy atom. The third-order valence-electron chi connectivity index (χ3n) is 4.15. The van der Waals surface area contributed by atoms with E-state index in [4.69, 9.17) is 16.3 Å². The van der Waals surface area contributed by atoms with Crippen LogP contribution in [0, 0.1) is 10.1 Å². The van der Waals surface area contributed by atoms with Crippen molar-refractivity contribution in [1.29, 1.82) is 0 Å². The Morgan fingerprint density at radius 1 is 1.15 bits per heavy atom. The summed E-state index contributed by atoms with van der Waals surface area (Å²) in [4.78, 5) is 37.4. The van der Waals surface area contributed by atoms with Gasteiger partial charge in [-0.15, -0.1) is 10.1 Å². The molecule has 1 atom stereocenters. The monoisotopic (exact) mass is 497 g/mol. The summed E-state index contributed by atoms with van der Waals surface area (Å²) < 4.78 is 59.1. The van der Waals surface area contributed by atoms with Gasteiger partial charge in [0.05, 0.1) is 5.57 Å².